The van der Waals surface area contributed by atoms with Gasteiger partial charge in [-0.25, -0.2) is 0 Å². The third kappa shape index (κ3) is 1.05. The summed E-state index contributed by atoms with van der Waals surface area (Å²) in [6.45, 7) is 3.93. The molecule has 0 aliphatic heterocycles. The summed E-state index contributed by atoms with van der Waals surface area (Å²) in [4.78, 5) is 10.8. The standard InChI is InChI=1S/C11H12N2O/c1-7-9(6-14)4-5-10-8(2)12-13(3)11(7)10/h4-6H,1-3H3. The van der Waals surface area contributed by atoms with Crippen LogP contribution in [0.4, 0.5) is 0 Å². The average Bonchev–Trinajstić information content (AvgIpc) is 2.44. The molecule has 1 heterocycles. The molecule has 14 heavy (non-hydrogen) atoms. The van der Waals surface area contributed by atoms with E-state index >= 15 is 0 Å². The zero-order valence-electron chi connectivity index (χ0n) is 8.53. The number of hydrogen-bond donors (Lipinski definition) is 0. The number of nitrogens with zero attached hydrogens (tertiary/aromatic N) is 2. The van der Waals surface area contributed by atoms with Crippen molar-refractivity contribution in [2.45, 2.75) is 13.8 Å². The van der Waals surface area contributed by atoms with Gasteiger partial charge in [-0.05, 0) is 19.4 Å². The molecule has 0 saturated heterocycles. The summed E-state index contributed by atoms with van der Waals surface area (Å²) in [6.07, 6.45) is 0.886. The summed E-state index contributed by atoms with van der Waals surface area (Å²) in [6, 6.07) is 3.80. The first-order valence-corrected chi connectivity index (χ1v) is 4.53. The quantitative estimate of drug-likeness (QED) is 0.641. The van der Waals surface area contributed by atoms with Crippen molar-refractivity contribution < 1.29 is 4.79 Å². The fourth-order valence-electron chi connectivity index (χ4n) is 1.88. The van der Waals surface area contributed by atoms with Gasteiger partial charge < -0.3 is 0 Å². The topological polar surface area (TPSA) is 34.9 Å². The van der Waals surface area contributed by atoms with E-state index < -0.39 is 0 Å². The summed E-state index contributed by atoms with van der Waals surface area (Å²) in [5.41, 5.74) is 3.79. The number of fused-ring (bicyclic) bond motifs is 1. The molecule has 3 heteroatoms. The van der Waals surface area contributed by atoms with Crippen LogP contribution >= 0.6 is 0 Å². The van der Waals surface area contributed by atoms with Gasteiger partial charge in [0.1, 0.15) is 6.29 Å². The van der Waals surface area contributed by atoms with E-state index in [-0.39, 0.29) is 0 Å². The molecule has 72 valence electrons. The van der Waals surface area contributed by atoms with Crippen molar-refractivity contribution in [3.8, 4) is 0 Å². The van der Waals surface area contributed by atoms with E-state index in [1.165, 1.54) is 0 Å². The minimum atomic E-state index is 0.737. The summed E-state index contributed by atoms with van der Waals surface area (Å²) in [5, 5.41) is 5.45. The first-order chi connectivity index (χ1) is 6.65. The van der Waals surface area contributed by atoms with Gasteiger partial charge in [0, 0.05) is 18.0 Å². The lowest BCUT2D eigenvalue weighted by molar-refractivity contribution is 0.112. The van der Waals surface area contributed by atoms with Gasteiger partial charge in [0.05, 0.1) is 11.2 Å². The Hall–Kier alpha value is -1.64. The highest BCUT2D eigenvalue weighted by atomic mass is 16.1. The van der Waals surface area contributed by atoms with Gasteiger partial charge in [-0.2, -0.15) is 5.10 Å². The summed E-state index contributed by atoms with van der Waals surface area (Å²) in [7, 11) is 1.90. The molecule has 0 spiro atoms. The lowest BCUT2D eigenvalue weighted by Crippen LogP contribution is -1.94. The predicted molar refractivity (Wildman–Crippen MR) is 55.6 cm³/mol. The smallest absolute Gasteiger partial charge is 0.150 e. The Morgan fingerprint density at radius 3 is 2.71 bits per heavy atom. The number of aromatic nitrogens is 2. The van der Waals surface area contributed by atoms with Gasteiger partial charge in [0.2, 0.25) is 0 Å². The SMILES string of the molecule is Cc1nn(C)c2c(C)c(C=O)ccc12. The number of carbonyl (C=O) groups excluding carboxylic acids is 1. The minimum Gasteiger partial charge on any atom is -0.298 e. The van der Waals surface area contributed by atoms with Crippen molar-refractivity contribution >= 4 is 17.2 Å². The van der Waals surface area contributed by atoms with Crippen molar-refractivity contribution in [1.82, 2.24) is 9.78 Å². The molecular formula is C11H12N2O. The van der Waals surface area contributed by atoms with Crippen LogP contribution < -0.4 is 0 Å². The summed E-state index contributed by atoms with van der Waals surface area (Å²) in [5.74, 6) is 0. The highest BCUT2D eigenvalue weighted by Crippen LogP contribution is 2.22. The Bertz CT molecular complexity index is 511. The fraction of sp³-hybridized carbons (Fsp3) is 0.273. The Morgan fingerprint density at radius 1 is 1.36 bits per heavy atom. The molecule has 0 aliphatic carbocycles. The molecule has 0 bridgehead atoms. The van der Waals surface area contributed by atoms with E-state index in [1.807, 2.05) is 37.7 Å². The Labute approximate surface area is 82.3 Å². The van der Waals surface area contributed by atoms with E-state index in [0.717, 1.165) is 34.0 Å². The van der Waals surface area contributed by atoms with Crippen LogP contribution in [0.25, 0.3) is 10.9 Å². The van der Waals surface area contributed by atoms with Crippen LogP contribution in [0.2, 0.25) is 0 Å². The lowest BCUT2D eigenvalue weighted by atomic mass is 10.1. The van der Waals surface area contributed by atoms with Crippen LogP contribution in [0, 0.1) is 13.8 Å². The van der Waals surface area contributed by atoms with Gasteiger partial charge in [-0.15, -0.1) is 0 Å². The monoisotopic (exact) mass is 188 g/mol. The first-order valence-electron chi connectivity index (χ1n) is 4.53. The zero-order chi connectivity index (χ0) is 10.3. The molecule has 0 saturated carbocycles. The van der Waals surface area contributed by atoms with Crippen LogP contribution in [0.5, 0.6) is 0 Å². The molecule has 3 nitrogen and oxygen atoms in total. The molecule has 0 N–H and O–H groups in total. The Balaban J connectivity index is 2.94. The number of aryl methyl sites for hydroxylation is 3. The van der Waals surface area contributed by atoms with Crippen molar-refractivity contribution in [1.29, 1.82) is 0 Å². The molecule has 0 unspecified atom stereocenters. The van der Waals surface area contributed by atoms with Crippen molar-refractivity contribution in [3.63, 3.8) is 0 Å². The number of aldehydes is 1. The van der Waals surface area contributed by atoms with E-state index in [2.05, 4.69) is 5.10 Å². The lowest BCUT2D eigenvalue weighted by Gasteiger charge is -2.01. The predicted octanol–water partition coefficient (Wildman–Crippen LogP) is 2.00. The molecule has 2 rings (SSSR count). The maximum Gasteiger partial charge on any atom is 0.150 e. The normalized spacial score (nSPS) is 10.8. The van der Waals surface area contributed by atoms with Gasteiger partial charge in [0.25, 0.3) is 0 Å². The van der Waals surface area contributed by atoms with E-state index in [4.69, 9.17) is 0 Å². The van der Waals surface area contributed by atoms with Crippen LogP contribution in [-0.2, 0) is 7.05 Å². The van der Waals surface area contributed by atoms with Gasteiger partial charge in [0.15, 0.2) is 0 Å². The number of rotatable bonds is 1. The van der Waals surface area contributed by atoms with Crippen molar-refractivity contribution in [3.05, 3.63) is 29.0 Å². The molecule has 0 fully saturated rings. The van der Waals surface area contributed by atoms with Crippen LogP contribution in [0.1, 0.15) is 21.6 Å². The molecule has 2 aromatic rings. The maximum atomic E-state index is 10.8. The second-order valence-corrected chi connectivity index (χ2v) is 3.50. The van der Waals surface area contributed by atoms with E-state index in [9.17, 15) is 4.79 Å². The molecule has 1 aromatic heterocycles. The Morgan fingerprint density at radius 2 is 2.07 bits per heavy atom. The van der Waals surface area contributed by atoms with Gasteiger partial charge in [-0.3, -0.25) is 9.48 Å². The molecule has 0 radical (unpaired) electrons. The molecule has 1 aromatic carbocycles. The van der Waals surface area contributed by atoms with Crippen LogP contribution in [0.3, 0.4) is 0 Å². The fourth-order valence-corrected chi connectivity index (χ4v) is 1.88. The largest absolute Gasteiger partial charge is 0.298 e. The van der Waals surface area contributed by atoms with E-state index in [1.54, 1.807) is 0 Å². The second-order valence-electron chi connectivity index (χ2n) is 3.50. The highest BCUT2D eigenvalue weighted by Gasteiger charge is 2.09. The van der Waals surface area contributed by atoms with Crippen LogP contribution in [0.15, 0.2) is 12.1 Å². The number of benzene rings is 1. The van der Waals surface area contributed by atoms with Gasteiger partial charge >= 0.3 is 0 Å². The third-order valence-corrected chi connectivity index (χ3v) is 2.61. The number of carbonyl (C=O) groups is 1. The Kier molecular flexibility index (Phi) is 1.88. The maximum absolute atomic E-state index is 10.8. The third-order valence-electron chi connectivity index (χ3n) is 2.61. The second kappa shape index (κ2) is 2.94. The molecule has 0 atom stereocenters. The summed E-state index contributed by atoms with van der Waals surface area (Å²) >= 11 is 0. The highest BCUT2D eigenvalue weighted by molar-refractivity contribution is 5.92. The van der Waals surface area contributed by atoms with E-state index in [0.29, 0.717) is 0 Å². The average molecular weight is 188 g/mol. The number of hydrogen-bond acceptors (Lipinski definition) is 2. The van der Waals surface area contributed by atoms with Crippen molar-refractivity contribution in [2.24, 2.45) is 7.05 Å². The van der Waals surface area contributed by atoms with Gasteiger partial charge in [-0.1, -0.05) is 12.1 Å². The van der Waals surface area contributed by atoms with Crippen molar-refractivity contribution in [2.75, 3.05) is 0 Å². The zero-order valence-corrected chi connectivity index (χ0v) is 8.53. The first kappa shape index (κ1) is 8.94. The minimum absolute atomic E-state index is 0.737. The van der Waals surface area contributed by atoms with Crippen LogP contribution in [-0.4, -0.2) is 16.1 Å². The molecule has 0 amide bonds. The molecular weight excluding hydrogens is 176 g/mol. The molecule has 0 aliphatic rings. The summed E-state index contributed by atoms with van der Waals surface area (Å²) < 4.78 is 1.83.